The Labute approximate surface area is 190 Å². The zero-order valence-electron chi connectivity index (χ0n) is 20.0. The Morgan fingerprint density at radius 3 is 2.69 bits per heavy atom. The minimum absolute atomic E-state index is 0.0411. The molecule has 0 aromatic carbocycles. The number of methoxy groups -OCH3 is 1. The predicted octanol–water partition coefficient (Wildman–Crippen LogP) is 4.16. The fourth-order valence-corrected chi connectivity index (χ4v) is 5.94. The van der Waals surface area contributed by atoms with Crippen LogP contribution in [0.2, 0.25) is 0 Å². The van der Waals surface area contributed by atoms with Crippen LogP contribution in [0, 0.1) is 11.8 Å². The number of carboxylic acid groups (broad SMARTS) is 1. The molecule has 1 spiro atoms. The molecule has 8 nitrogen and oxygen atoms in total. The lowest BCUT2D eigenvalue weighted by molar-refractivity contribution is -0.102. The van der Waals surface area contributed by atoms with Crippen molar-refractivity contribution in [1.82, 2.24) is 14.9 Å². The summed E-state index contributed by atoms with van der Waals surface area (Å²) in [4.78, 5) is 21.8. The van der Waals surface area contributed by atoms with Crippen LogP contribution in [0.25, 0.3) is 0 Å². The van der Waals surface area contributed by atoms with Crippen molar-refractivity contribution in [2.45, 2.75) is 89.4 Å². The third kappa shape index (κ3) is 3.97. The predicted molar refractivity (Wildman–Crippen MR) is 119 cm³/mol. The molecule has 2 aliphatic heterocycles. The minimum atomic E-state index is -0.957. The average Bonchev–Trinajstić information content (AvgIpc) is 3.56. The molecular weight excluding hydrogens is 410 g/mol. The normalized spacial score (nSPS) is 36.7. The van der Waals surface area contributed by atoms with Crippen LogP contribution in [0.3, 0.4) is 0 Å². The van der Waals surface area contributed by atoms with Crippen LogP contribution < -0.4 is 0 Å². The second-order valence-electron chi connectivity index (χ2n) is 10.3. The Kier molecular flexibility index (Phi) is 6.15. The number of rotatable bonds is 8. The molecule has 1 amide bonds. The molecule has 1 aliphatic carbocycles. The van der Waals surface area contributed by atoms with Gasteiger partial charge in [0.05, 0.1) is 36.5 Å². The molecule has 0 unspecified atom stereocenters. The van der Waals surface area contributed by atoms with E-state index >= 15 is 0 Å². The van der Waals surface area contributed by atoms with Gasteiger partial charge in [0.15, 0.2) is 0 Å². The molecule has 0 radical (unpaired) electrons. The summed E-state index contributed by atoms with van der Waals surface area (Å²) in [5.41, 5.74) is 0.581. The number of hydrogen-bond acceptors (Lipinski definition) is 5. The molecule has 7 atom stereocenters. The number of nitrogens with one attached hydrogen (secondary N) is 1. The van der Waals surface area contributed by atoms with Crippen molar-refractivity contribution in [3.8, 4) is 0 Å². The van der Waals surface area contributed by atoms with Crippen LogP contribution in [-0.2, 0) is 14.2 Å². The smallest absolute Gasteiger partial charge is 0.408 e. The topological polar surface area (TPSA) is 104 Å². The molecule has 4 rings (SSSR count). The van der Waals surface area contributed by atoms with Crippen LogP contribution in [0.4, 0.5) is 4.79 Å². The van der Waals surface area contributed by atoms with E-state index in [9.17, 15) is 9.90 Å². The number of allylic oxidation sites excluding steroid dienone is 1. The minimum Gasteiger partial charge on any atom is -0.465 e. The second-order valence-corrected chi connectivity index (χ2v) is 10.3. The summed E-state index contributed by atoms with van der Waals surface area (Å²) in [6.45, 7) is 11.0. The van der Waals surface area contributed by atoms with Gasteiger partial charge in [-0.2, -0.15) is 0 Å². The molecule has 178 valence electrons. The molecule has 32 heavy (non-hydrogen) atoms. The summed E-state index contributed by atoms with van der Waals surface area (Å²) in [6.07, 6.45) is 6.73. The van der Waals surface area contributed by atoms with Crippen molar-refractivity contribution in [2.24, 2.45) is 11.8 Å². The maximum Gasteiger partial charge on any atom is 0.408 e. The van der Waals surface area contributed by atoms with E-state index in [-0.39, 0.29) is 35.7 Å². The Hall–Kier alpha value is -1.90. The number of carbonyl (C=O) groups is 1. The average molecular weight is 448 g/mol. The molecule has 1 saturated carbocycles. The molecular formula is C24H37N3O5. The van der Waals surface area contributed by atoms with Crippen LogP contribution in [0.5, 0.6) is 0 Å². The molecule has 1 aromatic heterocycles. The summed E-state index contributed by atoms with van der Waals surface area (Å²) in [5.74, 6) is 0.659. The molecule has 1 aromatic rings. The Morgan fingerprint density at radius 2 is 2.19 bits per heavy atom. The number of aromatic nitrogens is 2. The first-order valence-electron chi connectivity index (χ1n) is 11.6. The van der Waals surface area contributed by atoms with E-state index < -0.39 is 17.7 Å². The maximum absolute atomic E-state index is 12.7. The molecule has 2 saturated heterocycles. The lowest BCUT2D eigenvalue weighted by Gasteiger charge is -2.48. The number of nitrogens with zero attached hydrogens (tertiary/aromatic N) is 2. The molecule has 2 N–H and O–H groups in total. The van der Waals surface area contributed by atoms with Crippen LogP contribution in [0.15, 0.2) is 24.0 Å². The van der Waals surface area contributed by atoms with E-state index in [1.165, 1.54) is 5.57 Å². The largest absolute Gasteiger partial charge is 0.465 e. The summed E-state index contributed by atoms with van der Waals surface area (Å²) in [6, 6.07) is -0.714. The molecule has 0 bridgehead atoms. The third-order valence-electron chi connectivity index (χ3n) is 7.57. The number of amides is 1. The lowest BCUT2D eigenvalue weighted by atomic mass is 9.67. The monoisotopic (exact) mass is 447 g/mol. The number of ether oxygens (including phenoxy) is 3. The highest BCUT2D eigenvalue weighted by molar-refractivity contribution is 5.66. The van der Waals surface area contributed by atoms with Gasteiger partial charge in [0.1, 0.15) is 11.4 Å². The van der Waals surface area contributed by atoms with Gasteiger partial charge in [-0.05, 0) is 46.0 Å². The number of H-pyrrole nitrogens is 1. The van der Waals surface area contributed by atoms with Gasteiger partial charge in [-0.1, -0.05) is 25.5 Å². The summed E-state index contributed by atoms with van der Waals surface area (Å²) in [7, 11) is 1.68. The number of imidazole rings is 1. The quantitative estimate of drug-likeness (QED) is 0.458. The lowest BCUT2D eigenvalue weighted by Crippen LogP contribution is -2.61. The molecule has 3 aliphatic rings. The fourth-order valence-electron chi connectivity index (χ4n) is 5.94. The van der Waals surface area contributed by atoms with Crippen molar-refractivity contribution in [3.63, 3.8) is 0 Å². The Morgan fingerprint density at radius 1 is 1.47 bits per heavy atom. The van der Waals surface area contributed by atoms with Crippen molar-refractivity contribution in [1.29, 1.82) is 0 Å². The van der Waals surface area contributed by atoms with Crippen molar-refractivity contribution < 1.29 is 24.1 Å². The zero-order valence-corrected chi connectivity index (χ0v) is 20.0. The van der Waals surface area contributed by atoms with Crippen molar-refractivity contribution in [2.75, 3.05) is 13.7 Å². The van der Waals surface area contributed by atoms with Crippen LogP contribution in [-0.4, -0.2) is 69.2 Å². The second kappa shape index (κ2) is 8.47. The van der Waals surface area contributed by atoms with Gasteiger partial charge in [0, 0.05) is 25.4 Å². The van der Waals surface area contributed by atoms with E-state index in [4.69, 9.17) is 14.2 Å². The van der Waals surface area contributed by atoms with E-state index in [0.717, 1.165) is 12.8 Å². The van der Waals surface area contributed by atoms with Gasteiger partial charge in [0.25, 0.3) is 0 Å². The molecule has 3 heterocycles. The highest BCUT2D eigenvalue weighted by atomic mass is 16.6. The highest BCUT2D eigenvalue weighted by Gasteiger charge is 2.72. The van der Waals surface area contributed by atoms with Crippen molar-refractivity contribution >= 4 is 6.09 Å². The van der Waals surface area contributed by atoms with Gasteiger partial charge in [0.2, 0.25) is 0 Å². The van der Waals surface area contributed by atoms with Gasteiger partial charge < -0.3 is 24.3 Å². The van der Waals surface area contributed by atoms with Crippen molar-refractivity contribution in [3.05, 3.63) is 29.9 Å². The summed E-state index contributed by atoms with van der Waals surface area (Å²) >= 11 is 0. The maximum atomic E-state index is 12.7. The first-order chi connectivity index (χ1) is 15.1. The zero-order chi connectivity index (χ0) is 23.3. The van der Waals surface area contributed by atoms with E-state index in [1.54, 1.807) is 24.4 Å². The van der Waals surface area contributed by atoms with Gasteiger partial charge in [-0.25, -0.2) is 9.78 Å². The first kappa shape index (κ1) is 23.3. The summed E-state index contributed by atoms with van der Waals surface area (Å²) in [5, 5.41) is 10.4. The number of aromatic amines is 1. The molecule has 3 fully saturated rings. The first-order valence-corrected chi connectivity index (χ1v) is 11.6. The van der Waals surface area contributed by atoms with E-state index in [1.807, 2.05) is 13.8 Å². The fraction of sp³-hybridized carbons (Fsp3) is 0.750. The van der Waals surface area contributed by atoms with E-state index in [0.29, 0.717) is 18.9 Å². The third-order valence-corrected chi connectivity index (χ3v) is 7.57. The number of epoxide rings is 2. The standard InChI is InChI=1S/C24H37N3O5/c1-14(2)7-8-17-23(5,32-17)20-19(30-6)16(9-10-24(20)13-31-24)27(22(28)29)18(15(3)4)21-25-11-12-26-21/h7,11-12,15-20H,8-10,13H2,1-6H3,(H,25,26)(H,28,29)/t16-,17-,18+,19-,20-,23+,24+/m1/s1. The van der Waals surface area contributed by atoms with E-state index in [2.05, 4.69) is 36.8 Å². The van der Waals surface area contributed by atoms with Crippen LogP contribution in [0.1, 0.15) is 65.7 Å². The van der Waals surface area contributed by atoms with Gasteiger partial charge in [-0.3, -0.25) is 4.90 Å². The Bertz CT molecular complexity index is 846. The summed E-state index contributed by atoms with van der Waals surface area (Å²) < 4.78 is 18.4. The highest BCUT2D eigenvalue weighted by Crippen LogP contribution is 2.60. The van der Waals surface area contributed by atoms with Gasteiger partial charge >= 0.3 is 6.09 Å². The Balaban J connectivity index is 1.67. The van der Waals surface area contributed by atoms with Crippen LogP contribution >= 0.6 is 0 Å². The number of hydrogen-bond donors (Lipinski definition) is 2. The molecule has 8 heteroatoms. The SMILES string of the molecule is CO[C@@H]1[C@H](N(C(=O)O)[C@H](c2ncc[nH]2)C(C)C)CC[C@]2(CO2)[C@H]1[C@@]1(C)O[C@@H]1CC=C(C)C. The van der Waals surface area contributed by atoms with Gasteiger partial charge in [-0.15, -0.1) is 0 Å².